The highest BCUT2D eigenvalue weighted by Gasteiger charge is 2.32. The average Bonchev–Trinajstić information content (AvgIpc) is 3.21. The van der Waals surface area contributed by atoms with Crippen LogP contribution in [0.5, 0.6) is 11.5 Å². The molecule has 0 spiro atoms. The number of hydrogen-bond acceptors (Lipinski definition) is 5. The lowest BCUT2D eigenvalue weighted by atomic mass is 9.92. The van der Waals surface area contributed by atoms with Crippen LogP contribution < -0.4 is 9.47 Å². The van der Waals surface area contributed by atoms with E-state index in [4.69, 9.17) is 14.2 Å². The van der Waals surface area contributed by atoms with E-state index in [1.54, 1.807) is 6.07 Å². The molecule has 1 atom stereocenters. The van der Waals surface area contributed by atoms with Crippen molar-refractivity contribution in [2.75, 3.05) is 39.6 Å². The van der Waals surface area contributed by atoms with Gasteiger partial charge in [-0.1, -0.05) is 24.3 Å². The molecule has 0 aromatic heterocycles. The predicted octanol–water partition coefficient (Wildman–Crippen LogP) is 2.31. The van der Waals surface area contributed by atoms with Crippen LogP contribution in [0.4, 0.5) is 0 Å². The Morgan fingerprint density at radius 2 is 1.79 bits per heavy atom. The van der Waals surface area contributed by atoms with Crippen molar-refractivity contribution >= 4 is 5.91 Å². The van der Waals surface area contributed by atoms with Gasteiger partial charge in [-0.2, -0.15) is 0 Å². The summed E-state index contributed by atoms with van der Waals surface area (Å²) in [6, 6.07) is 14.0. The molecule has 2 aromatic carbocycles. The molecule has 1 fully saturated rings. The van der Waals surface area contributed by atoms with Gasteiger partial charge in [0.15, 0.2) is 11.5 Å². The van der Waals surface area contributed by atoms with E-state index >= 15 is 0 Å². The minimum atomic E-state index is 0.0473. The summed E-state index contributed by atoms with van der Waals surface area (Å²) in [5.74, 6) is 1.39. The Morgan fingerprint density at radius 1 is 1.00 bits per heavy atom. The second-order valence-corrected chi connectivity index (χ2v) is 7.54. The Hall–Kier alpha value is -2.57. The lowest BCUT2D eigenvalue weighted by molar-refractivity contribution is 0.0192. The fourth-order valence-corrected chi connectivity index (χ4v) is 4.27. The molecule has 28 heavy (non-hydrogen) atoms. The first-order valence-electron chi connectivity index (χ1n) is 9.85. The molecule has 0 N–H and O–H groups in total. The summed E-state index contributed by atoms with van der Waals surface area (Å²) in [5, 5.41) is 0. The van der Waals surface area contributed by atoms with E-state index in [1.165, 1.54) is 11.1 Å². The van der Waals surface area contributed by atoms with E-state index in [0.29, 0.717) is 23.6 Å². The Labute approximate surface area is 164 Å². The van der Waals surface area contributed by atoms with Gasteiger partial charge in [-0.25, -0.2) is 0 Å². The predicted molar refractivity (Wildman–Crippen MR) is 104 cm³/mol. The third kappa shape index (κ3) is 3.34. The molecule has 0 bridgehead atoms. The molecule has 0 unspecified atom stereocenters. The first-order valence-corrected chi connectivity index (χ1v) is 9.85. The highest BCUT2D eigenvalue weighted by atomic mass is 16.7. The van der Waals surface area contributed by atoms with E-state index < -0.39 is 0 Å². The van der Waals surface area contributed by atoms with Crippen LogP contribution in [0.1, 0.15) is 21.5 Å². The summed E-state index contributed by atoms with van der Waals surface area (Å²) in [6.45, 7) is 5.09. The van der Waals surface area contributed by atoms with Gasteiger partial charge in [-0.05, 0) is 35.7 Å². The minimum absolute atomic E-state index is 0.0473. The molecule has 6 nitrogen and oxygen atoms in total. The highest BCUT2D eigenvalue weighted by Crippen LogP contribution is 2.34. The number of rotatable bonds is 3. The molecule has 146 valence electrons. The Morgan fingerprint density at radius 3 is 2.64 bits per heavy atom. The molecule has 0 radical (unpaired) electrons. The topological polar surface area (TPSA) is 51.2 Å². The van der Waals surface area contributed by atoms with Gasteiger partial charge in [0.2, 0.25) is 6.79 Å². The number of nitrogens with zero attached hydrogens (tertiary/aromatic N) is 2. The first kappa shape index (κ1) is 17.5. The van der Waals surface area contributed by atoms with Gasteiger partial charge in [0.05, 0.1) is 13.2 Å². The van der Waals surface area contributed by atoms with Crippen molar-refractivity contribution in [1.82, 2.24) is 9.80 Å². The van der Waals surface area contributed by atoms with Gasteiger partial charge >= 0.3 is 0 Å². The fourth-order valence-electron chi connectivity index (χ4n) is 4.27. The third-order valence-electron chi connectivity index (χ3n) is 5.81. The van der Waals surface area contributed by atoms with Crippen molar-refractivity contribution in [2.24, 2.45) is 0 Å². The van der Waals surface area contributed by atoms with Crippen molar-refractivity contribution in [3.8, 4) is 11.5 Å². The number of fused-ring (bicyclic) bond motifs is 2. The average molecular weight is 380 g/mol. The van der Waals surface area contributed by atoms with E-state index in [2.05, 4.69) is 23.1 Å². The Bertz CT molecular complexity index is 879. The zero-order valence-corrected chi connectivity index (χ0v) is 15.8. The molecule has 6 heteroatoms. The second kappa shape index (κ2) is 7.45. The highest BCUT2D eigenvalue weighted by molar-refractivity contribution is 5.95. The number of hydrogen-bond donors (Lipinski definition) is 0. The molecular weight excluding hydrogens is 356 g/mol. The monoisotopic (exact) mass is 380 g/mol. The molecule has 0 aliphatic carbocycles. The second-order valence-electron chi connectivity index (χ2n) is 7.54. The molecule has 1 amide bonds. The zero-order valence-electron chi connectivity index (χ0n) is 15.8. The molecule has 3 heterocycles. The van der Waals surface area contributed by atoms with E-state index in [1.807, 2.05) is 23.1 Å². The van der Waals surface area contributed by atoms with Gasteiger partial charge in [0.25, 0.3) is 5.91 Å². The standard InChI is InChI=1S/C22H24N2O4/c25-22(17-5-6-20-21(12-17)28-15-27-20)24-13-18-4-2-1-3-16(18)11-19(24)14-23-7-9-26-10-8-23/h1-6,12,19H,7-11,13-15H2/t19-/m0/s1. The van der Waals surface area contributed by atoms with Crippen LogP contribution >= 0.6 is 0 Å². The van der Waals surface area contributed by atoms with Gasteiger partial charge in [0.1, 0.15) is 0 Å². The number of amides is 1. The minimum Gasteiger partial charge on any atom is -0.454 e. The molecule has 0 saturated carbocycles. The van der Waals surface area contributed by atoms with Crippen molar-refractivity contribution in [3.05, 3.63) is 59.2 Å². The van der Waals surface area contributed by atoms with Crippen LogP contribution in [0.25, 0.3) is 0 Å². The maximum atomic E-state index is 13.4. The van der Waals surface area contributed by atoms with Crippen molar-refractivity contribution in [3.63, 3.8) is 0 Å². The Kier molecular flexibility index (Phi) is 4.66. The van der Waals surface area contributed by atoms with Gasteiger partial charge in [-0.15, -0.1) is 0 Å². The molecule has 3 aliphatic rings. The van der Waals surface area contributed by atoms with E-state index in [9.17, 15) is 4.79 Å². The first-order chi connectivity index (χ1) is 13.8. The third-order valence-corrected chi connectivity index (χ3v) is 5.81. The fraction of sp³-hybridized carbons (Fsp3) is 0.409. The maximum absolute atomic E-state index is 13.4. The van der Waals surface area contributed by atoms with Crippen molar-refractivity contribution in [1.29, 1.82) is 0 Å². The number of benzene rings is 2. The van der Waals surface area contributed by atoms with Crippen LogP contribution in [-0.4, -0.2) is 61.4 Å². The molecular formula is C22H24N2O4. The molecule has 2 aromatic rings. The van der Waals surface area contributed by atoms with Gasteiger partial charge in [0, 0.05) is 37.8 Å². The SMILES string of the molecule is O=C(c1ccc2c(c1)OCO2)N1Cc2ccccc2C[C@H]1CN1CCOCC1. The normalized spacial score (nSPS) is 21.4. The number of carbonyl (C=O) groups is 1. The lowest BCUT2D eigenvalue weighted by Crippen LogP contribution is -2.52. The number of carbonyl (C=O) groups excluding carboxylic acids is 1. The smallest absolute Gasteiger partial charge is 0.254 e. The summed E-state index contributed by atoms with van der Waals surface area (Å²) in [5.41, 5.74) is 3.22. The molecule has 5 rings (SSSR count). The summed E-state index contributed by atoms with van der Waals surface area (Å²) in [7, 11) is 0. The quantitative estimate of drug-likeness (QED) is 0.818. The van der Waals surface area contributed by atoms with Crippen LogP contribution in [0.3, 0.4) is 0 Å². The molecule has 3 aliphatic heterocycles. The summed E-state index contributed by atoms with van der Waals surface area (Å²) in [4.78, 5) is 17.9. The number of ether oxygens (including phenoxy) is 3. The van der Waals surface area contributed by atoms with Crippen LogP contribution in [0, 0.1) is 0 Å². The summed E-state index contributed by atoms with van der Waals surface area (Å²) in [6.07, 6.45) is 0.879. The maximum Gasteiger partial charge on any atom is 0.254 e. The Balaban J connectivity index is 1.42. The summed E-state index contributed by atoms with van der Waals surface area (Å²) >= 11 is 0. The van der Waals surface area contributed by atoms with E-state index in [0.717, 1.165) is 39.3 Å². The zero-order chi connectivity index (χ0) is 18.9. The van der Waals surface area contributed by atoms with Crippen molar-refractivity contribution < 1.29 is 19.0 Å². The van der Waals surface area contributed by atoms with Crippen molar-refractivity contribution in [2.45, 2.75) is 19.0 Å². The van der Waals surface area contributed by atoms with Crippen LogP contribution in [0.2, 0.25) is 0 Å². The summed E-state index contributed by atoms with van der Waals surface area (Å²) < 4.78 is 16.3. The van der Waals surface area contributed by atoms with Gasteiger partial charge < -0.3 is 19.1 Å². The number of morpholine rings is 1. The van der Waals surface area contributed by atoms with Crippen LogP contribution in [0.15, 0.2) is 42.5 Å². The largest absolute Gasteiger partial charge is 0.454 e. The van der Waals surface area contributed by atoms with Crippen LogP contribution in [-0.2, 0) is 17.7 Å². The molecule has 1 saturated heterocycles. The van der Waals surface area contributed by atoms with E-state index in [-0.39, 0.29) is 18.7 Å². The van der Waals surface area contributed by atoms with Gasteiger partial charge in [-0.3, -0.25) is 9.69 Å². The lowest BCUT2D eigenvalue weighted by Gasteiger charge is -2.40.